The zero-order valence-electron chi connectivity index (χ0n) is 16.6. The molecule has 1 fully saturated rings. The van der Waals surface area contributed by atoms with Crippen molar-refractivity contribution in [2.24, 2.45) is 0 Å². The quantitative estimate of drug-likeness (QED) is 0.537. The molecular formula is C20H18ClF3N4O3. The number of alkyl halides is 3. The van der Waals surface area contributed by atoms with Crippen LogP contribution >= 0.6 is 11.6 Å². The van der Waals surface area contributed by atoms with Crippen LogP contribution in [0.15, 0.2) is 41.1 Å². The number of pyridine rings is 1. The second kappa shape index (κ2) is 8.45. The van der Waals surface area contributed by atoms with E-state index in [1.807, 2.05) is 7.05 Å². The number of ether oxygens (including phenoxy) is 2. The molecule has 3 aromatic rings. The van der Waals surface area contributed by atoms with E-state index in [1.165, 1.54) is 0 Å². The predicted octanol–water partition coefficient (Wildman–Crippen LogP) is 4.99. The smallest absolute Gasteiger partial charge is 0.417 e. The number of benzene rings is 1. The van der Waals surface area contributed by atoms with Gasteiger partial charge in [0, 0.05) is 25.4 Å². The van der Waals surface area contributed by atoms with Crippen LogP contribution in [0.4, 0.5) is 13.2 Å². The molecule has 4 rings (SSSR count). The van der Waals surface area contributed by atoms with Crippen LogP contribution in [0.5, 0.6) is 11.6 Å². The number of rotatable bonds is 5. The highest BCUT2D eigenvalue weighted by Crippen LogP contribution is 2.35. The summed E-state index contributed by atoms with van der Waals surface area (Å²) in [6.45, 7) is 0.783. The molecule has 2 atom stereocenters. The normalized spacial score (nSPS) is 19.7. The van der Waals surface area contributed by atoms with Crippen molar-refractivity contribution in [3.8, 4) is 23.0 Å². The highest BCUT2D eigenvalue weighted by atomic mass is 35.5. The average Bonchev–Trinajstić information content (AvgIpc) is 3.36. The van der Waals surface area contributed by atoms with Crippen LogP contribution in [0.2, 0.25) is 5.02 Å². The van der Waals surface area contributed by atoms with Crippen LogP contribution < -0.4 is 4.74 Å². The van der Waals surface area contributed by atoms with Crippen molar-refractivity contribution in [1.29, 1.82) is 0 Å². The summed E-state index contributed by atoms with van der Waals surface area (Å²) in [5.74, 6) is 1.15. The third-order valence-corrected chi connectivity index (χ3v) is 5.30. The van der Waals surface area contributed by atoms with Crippen LogP contribution in [0.3, 0.4) is 0 Å². The van der Waals surface area contributed by atoms with Gasteiger partial charge in [-0.3, -0.25) is 4.90 Å². The van der Waals surface area contributed by atoms with E-state index in [9.17, 15) is 13.2 Å². The molecular weight excluding hydrogens is 437 g/mol. The Bertz CT molecular complexity index is 1060. The first-order chi connectivity index (χ1) is 14.7. The van der Waals surface area contributed by atoms with Crippen LogP contribution in [0, 0.1) is 0 Å². The molecule has 0 saturated carbocycles. The van der Waals surface area contributed by atoms with Gasteiger partial charge < -0.3 is 14.0 Å². The summed E-state index contributed by atoms with van der Waals surface area (Å²) >= 11 is 5.88. The maximum absolute atomic E-state index is 12.7. The second-order valence-corrected chi connectivity index (χ2v) is 7.55. The lowest BCUT2D eigenvalue weighted by Crippen LogP contribution is -2.20. The van der Waals surface area contributed by atoms with Gasteiger partial charge in [0.15, 0.2) is 0 Å². The number of likely N-dealkylation sites (tertiary alicyclic amines) is 1. The van der Waals surface area contributed by atoms with E-state index in [-0.39, 0.29) is 23.0 Å². The highest BCUT2D eigenvalue weighted by molar-refractivity contribution is 6.31. The predicted molar refractivity (Wildman–Crippen MR) is 105 cm³/mol. The molecule has 1 saturated heterocycles. The number of hydrogen-bond acceptors (Lipinski definition) is 7. The number of nitrogens with zero attached hydrogens (tertiary/aromatic N) is 4. The van der Waals surface area contributed by atoms with E-state index in [4.69, 9.17) is 25.6 Å². The molecule has 3 heterocycles. The lowest BCUT2D eigenvalue weighted by molar-refractivity contribution is -0.137. The summed E-state index contributed by atoms with van der Waals surface area (Å²) in [7, 11) is 3.65. The minimum absolute atomic E-state index is 0.0123. The van der Waals surface area contributed by atoms with Crippen molar-refractivity contribution in [3.63, 3.8) is 0 Å². The molecule has 1 aliphatic rings. The number of halogens is 4. The first-order valence-corrected chi connectivity index (χ1v) is 9.70. The maximum atomic E-state index is 12.7. The zero-order valence-corrected chi connectivity index (χ0v) is 17.3. The molecule has 0 N–H and O–H groups in total. The topological polar surface area (TPSA) is 73.5 Å². The minimum Gasteiger partial charge on any atom is -0.438 e. The van der Waals surface area contributed by atoms with Crippen molar-refractivity contribution in [3.05, 3.63) is 53.0 Å². The summed E-state index contributed by atoms with van der Waals surface area (Å²) in [4.78, 5) is 10.2. The van der Waals surface area contributed by atoms with E-state index in [0.29, 0.717) is 29.2 Å². The largest absolute Gasteiger partial charge is 0.438 e. The van der Waals surface area contributed by atoms with Gasteiger partial charge in [-0.15, -0.1) is 0 Å². The Labute approximate surface area is 180 Å². The highest BCUT2D eigenvalue weighted by Gasteiger charge is 2.34. The van der Waals surface area contributed by atoms with Crippen LogP contribution in [0.25, 0.3) is 11.4 Å². The Morgan fingerprint density at radius 1 is 1.23 bits per heavy atom. The molecule has 7 nitrogen and oxygen atoms in total. The van der Waals surface area contributed by atoms with Gasteiger partial charge in [-0.25, -0.2) is 4.98 Å². The third-order valence-electron chi connectivity index (χ3n) is 5.03. The molecule has 0 bridgehead atoms. The Hall–Kier alpha value is -2.69. The van der Waals surface area contributed by atoms with Gasteiger partial charge in [0.1, 0.15) is 10.8 Å². The third kappa shape index (κ3) is 4.65. The van der Waals surface area contributed by atoms with E-state index < -0.39 is 11.7 Å². The van der Waals surface area contributed by atoms with Crippen LogP contribution in [0.1, 0.15) is 23.9 Å². The average molecular weight is 455 g/mol. The van der Waals surface area contributed by atoms with Gasteiger partial charge in [0.05, 0.1) is 17.7 Å². The van der Waals surface area contributed by atoms with Gasteiger partial charge in [-0.1, -0.05) is 16.8 Å². The Kier molecular flexibility index (Phi) is 5.87. The van der Waals surface area contributed by atoms with E-state index in [1.54, 1.807) is 31.4 Å². The van der Waals surface area contributed by atoms with Gasteiger partial charge in [0.2, 0.25) is 17.6 Å². The van der Waals surface area contributed by atoms with Gasteiger partial charge in [-0.05, 0) is 43.8 Å². The van der Waals surface area contributed by atoms with Crippen molar-refractivity contribution >= 4 is 11.6 Å². The summed E-state index contributed by atoms with van der Waals surface area (Å²) in [5.41, 5.74) is -0.254. The summed E-state index contributed by atoms with van der Waals surface area (Å²) in [6, 6.07) is 7.40. The van der Waals surface area contributed by atoms with Crippen molar-refractivity contribution < 1.29 is 27.2 Å². The molecule has 1 aromatic carbocycles. The molecule has 164 valence electrons. The molecule has 2 aromatic heterocycles. The second-order valence-electron chi connectivity index (χ2n) is 7.14. The summed E-state index contributed by atoms with van der Waals surface area (Å²) < 4.78 is 54.5. The first kappa shape index (κ1) is 21.5. The summed E-state index contributed by atoms with van der Waals surface area (Å²) in [6.07, 6.45) is -2.97. The molecule has 31 heavy (non-hydrogen) atoms. The molecule has 1 aliphatic heterocycles. The van der Waals surface area contributed by atoms with Gasteiger partial charge >= 0.3 is 6.18 Å². The van der Waals surface area contributed by atoms with Crippen molar-refractivity contribution in [2.75, 3.05) is 20.7 Å². The van der Waals surface area contributed by atoms with Gasteiger partial charge in [0.25, 0.3) is 0 Å². The fourth-order valence-electron chi connectivity index (χ4n) is 3.34. The molecule has 0 spiro atoms. The number of methoxy groups -OCH3 is 1. The lowest BCUT2D eigenvalue weighted by atomic mass is 10.2. The fourth-order valence-corrected chi connectivity index (χ4v) is 3.54. The summed E-state index contributed by atoms with van der Waals surface area (Å²) in [5, 5.41) is 3.80. The Balaban J connectivity index is 1.46. The Morgan fingerprint density at radius 2 is 1.97 bits per heavy atom. The van der Waals surface area contributed by atoms with Gasteiger partial charge in [-0.2, -0.15) is 18.2 Å². The molecule has 11 heteroatoms. The monoisotopic (exact) mass is 454 g/mol. The minimum atomic E-state index is -4.53. The van der Waals surface area contributed by atoms with Crippen LogP contribution in [-0.2, 0) is 10.9 Å². The van der Waals surface area contributed by atoms with E-state index >= 15 is 0 Å². The van der Waals surface area contributed by atoms with Crippen LogP contribution in [-0.4, -0.2) is 46.8 Å². The molecule has 0 radical (unpaired) electrons. The lowest BCUT2D eigenvalue weighted by Gasteiger charge is -2.13. The van der Waals surface area contributed by atoms with Crippen molar-refractivity contribution in [1.82, 2.24) is 20.0 Å². The maximum Gasteiger partial charge on any atom is 0.417 e. The molecule has 0 amide bonds. The SMILES string of the molecule is CO[C@H]1C[C@@H](c2nc(-c3ccc(Oc4ncc(C(F)(F)F)cc4Cl)cc3)no2)N(C)C1. The van der Waals surface area contributed by atoms with E-state index in [0.717, 1.165) is 19.0 Å². The molecule has 0 unspecified atom stereocenters. The fraction of sp³-hybridized carbons (Fsp3) is 0.350. The number of aromatic nitrogens is 3. The number of hydrogen-bond donors (Lipinski definition) is 0. The zero-order chi connectivity index (χ0) is 22.2. The number of likely N-dealkylation sites (N-methyl/N-ethyl adjacent to an activating group) is 1. The van der Waals surface area contributed by atoms with Crippen molar-refractivity contribution in [2.45, 2.75) is 24.7 Å². The Morgan fingerprint density at radius 3 is 2.58 bits per heavy atom. The first-order valence-electron chi connectivity index (χ1n) is 9.32. The standard InChI is InChI=1S/C20H18ClF3N4O3/c1-28-10-14(29-2)8-16(28)19-26-17(27-31-19)11-3-5-13(6-4-11)30-18-15(21)7-12(9-25-18)20(22,23)24/h3-7,9,14,16H,8,10H2,1-2H3/t14-,16-/m0/s1. The molecule has 0 aliphatic carbocycles. The van der Waals surface area contributed by atoms with E-state index in [2.05, 4.69) is 20.0 Å².